The lowest BCUT2D eigenvalue weighted by Gasteiger charge is -2.22. The number of carbonyl (C=O) groups excluding carboxylic acids is 1. The Hall–Kier alpha value is -3.23. The van der Waals surface area contributed by atoms with E-state index in [9.17, 15) is 4.79 Å². The number of hydrogen-bond donors (Lipinski definition) is 1. The summed E-state index contributed by atoms with van der Waals surface area (Å²) in [4.78, 5) is 21.2. The van der Waals surface area contributed by atoms with Crippen molar-refractivity contribution in [1.29, 1.82) is 0 Å². The summed E-state index contributed by atoms with van der Waals surface area (Å²) in [6, 6.07) is 17.6. The number of ether oxygens (including phenoxy) is 1. The Morgan fingerprint density at radius 1 is 1.21 bits per heavy atom. The fourth-order valence-electron chi connectivity index (χ4n) is 4.21. The Morgan fingerprint density at radius 2 is 2.09 bits per heavy atom. The van der Waals surface area contributed by atoms with Crippen LogP contribution in [0, 0.1) is 0 Å². The van der Waals surface area contributed by atoms with E-state index < -0.39 is 0 Å². The van der Waals surface area contributed by atoms with Crippen LogP contribution in [0.4, 0.5) is 0 Å². The molecule has 0 radical (unpaired) electrons. The van der Waals surface area contributed by atoms with E-state index in [1.165, 1.54) is 4.90 Å². The summed E-state index contributed by atoms with van der Waals surface area (Å²) in [5.74, 6) is 1.73. The van der Waals surface area contributed by atoms with Gasteiger partial charge in [-0.3, -0.25) is 9.69 Å². The minimum absolute atomic E-state index is 0.0245. The van der Waals surface area contributed by atoms with Gasteiger partial charge in [0.05, 0.1) is 38.2 Å². The number of benzene rings is 1. The predicted molar refractivity (Wildman–Crippen MR) is 127 cm³/mol. The minimum atomic E-state index is -0.220. The number of aromatic nitrogens is 2. The van der Waals surface area contributed by atoms with E-state index in [1.807, 2.05) is 59.3 Å². The van der Waals surface area contributed by atoms with E-state index in [0.717, 1.165) is 35.8 Å². The first-order valence-electron chi connectivity index (χ1n) is 11.0. The summed E-state index contributed by atoms with van der Waals surface area (Å²) in [5.41, 5.74) is 1.72. The number of amides is 1. The number of pyridine rings is 1. The van der Waals surface area contributed by atoms with Crippen molar-refractivity contribution in [3.8, 4) is 5.75 Å². The molecule has 0 unspecified atom stereocenters. The van der Waals surface area contributed by atoms with E-state index in [0.29, 0.717) is 18.3 Å². The molecular formula is C25H26N4O3S. The number of carbonyl (C=O) groups is 1. The van der Waals surface area contributed by atoms with Gasteiger partial charge in [-0.25, -0.2) is 4.98 Å². The number of rotatable bonds is 8. The van der Waals surface area contributed by atoms with Gasteiger partial charge in [-0.15, -0.1) is 11.8 Å². The normalized spacial score (nSPS) is 18.6. The summed E-state index contributed by atoms with van der Waals surface area (Å²) in [7, 11) is 1.67. The number of nitrogens with one attached hydrogen (secondary N) is 1. The van der Waals surface area contributed by atoms with E-state index in [1.54, 1.807) is 25.1 Å². The lowest BCUT2D eigenvalue weighted by atomic mass is 10.2. The first-order chi connectivity index (χ1) is 16.2. The molecule has 1 aliphatic heterocycles. The third-order valence-electron chi connectivity index (χ3n) is 5.83. The van der Waals surface area contributed by atoms with Gasteiger partial charge in [0.2, 0.25) is 5.91 Å². The lowest BCUT2D eigenvalue weighted by Crippen LogP contribution is -2.42. The second-order valence-electron chi connectivity index (χ2n) is 8.09. The van der Waals surface area contributed by atoms with Crippen molar-refractivity contribution in [1.82, 2.24) is 19.6 Å². The van der Waals surface area contributed by atoms with Crippen molar-refractivity contribution in [3.05, 3.63) is 84.7 Å². The van der Waals surface area contributed by atoms with Gasteiger partial charge in [-0.2, -0.15) is 0 Å². The summed E-state index contributed by atoms with van der Waals surface area (Å²) >= 11 is 1.80. The summed E-state index contributed by atoms with van der Waals surface area (Å²) in [5, 5.41) is 3.40. The molecule has 4 aromatic rings. The molecule has 8 heteroatoms. The Kier molecular flexibility index (Phi) is 6.37. The molecule has 0 bridgehead atoms. The zero-order valence-electron chi connectivity index (χ0n) is 18.4. The van der Waals surface area contributed by atoms with Gasteiger partial charge in [0.25, 0.3) is 0 Å². The number of hydrogen-bond acceptors (Lipinski definition) is 6. The zero-order chi connectivity index (χ0) is 22.6. The van der Waals surface area contributed by atoms with Crippen LogP contribution in [0.2, 0.25) is 0 Å². The molecule has 3 aromatic heterocycles. The van der Waals surface area contributed by atoms with Crippen molar-refractivity contribution in [3.63, 3.8) is 0 Å². The molecule has 7 nitrogen and oxygen atoms in total. The first kappa shape index (κ1) is 21.6. The fourth-order valence-corrected chi connectivity index (χ4v) is 5.43. The number of methoxy groups -OCH3 is 1. The van der Waals surface area contributed by atoms with Crippen LogP contribution in [-0.4, -0.2) is 45.1 Å². The predicted octanol–water partition coefficient (Wildman–Crippen LogP) is 3.99. The quantitative estimate of drug-likeness (QED) is 0.427. The molecule has 5 rings (SSSR count). The molecule has 1 aliphatic rings. The maximum Gasteiger partial charge on any atom is 0.237 e. The highest BCUT2D eigenvalue weighted by atomic mass is 32.2. The van der Waals surface area contributed by atoms with Crippen LogP contribution >= 0.6 is 11.8 Å². The summed E-state index contributed by atoms with van der Waals surface area (Å²) < 4.78 is 12.8. The van der Waals surface area contributed by atoms with Gasteiger partial charge in [0.15, 0.2) is 0 Å². The monoisotopic (exact) mass is 462 g/mol. The van der Waals surface area contributed by atoms with Crippen LogP contribution in [0.25, 0.3) is 5.65 Å². The molecule has 4 heterocycles. The van der Waals surface area contributed by atoms with Crippen LogP contribution in [-0.2, 0) is 17.9 Å². The fraction of sp³-hybridized carbons (Fsp3) is 0.280. The Labute approximate surface area is 196 Å². The number of nitrogens with zero attached hydrogens (tertiary/aromatic N) is 3. The average Bonchev–Trinajstić information content (AvgIpc) is 3.58. The highest BCUT2D eigenvalue weighted by molar-refractivity contribution is 8.00. The third kappa shape index (κ3) is 5.07. The van der Waals surface area contributed by atoms with E-state index in [-0.39, 0.29) is 11.9 Å². The second-order valence-corrected chi connectivity index (χ2v) is 9.47. The topological polar surface area (TPSA) is 72.0 Å². The molecule has 1 aromatic carbocycles. The molecule has 170 valence electrons. The number of likely N-dealkylation sites (tertiary alicyclic amines) is 1. The molecule has 0 saturated carbocycles. The Bertz CT molecular complexity index is 1170. The van der Waals surface area contributed by atoms with Crippen LogP contribution in [0.3, 0.4) is 0 Å². The summed E-state index contributed by atoms with van der Waals surface area (Å²) in [6.45, 7) is 1.82. The smallest absolute Gasteiger partial charge is 0.237 e. The SMILES string of the molecule is COc1ccc(S[C@@H]2C[C@@H](C(=O)NCc3cn4ccccc4n3)N(Cc3ccco3)C2)cc1. The van der Waals surface area contributed by atoms with Crippen molar-refractivity contribution in [2.24, 2.45) is 0 Å². The molecule has 33 heavy (non-hydrogen) atoms. The number of fused-ring (bicyclic) bond motifs is 1. The molecular weight excluding hydrogens is 436 g/mol. The van der Waals surface area contributed by atoms with Crippen LogP contribution < -0.4 is 10.1 Å². The maximum atomic E-state index is 13.2. The number of furan rings is 1. The first-order valence-corrected chi connectivity index (χ1v) is 11.8. The van der Waals surface area contributed by atoms with Gasteiger partial charge in [-0.1, -0.05) is 6.07 Å². The second kappa shape index (κ2) is 9.72. The zero-order valence-corrected chi connectivity index (χ0v) is 19.2. The standard InChI is InChI=1S/C25H26N4O3S/c1-31-19-7-9-21(10-8-19)33-22-13-23(29(17-22)16-20-5-4-12-32-20)25(30)26-14-18-15-28-11-3-2-6-24(28)27-18/h2-12,15,22-23H,13-14,16-17H2,1H3,(H,26,30)/t22-,23+/m1/s1. The van der Waals surface area contributed by atoms with Gasteiger partial charge in [-0.05, 0) is 55.0 Å². The highest BCUT2D eigenvalue weighted by Crippen LogP contribution is 2.34. The van der Waals surface area contributed by atoms with E-state index in [4.69, 9.17) is 9.15 Å². The Morgan fingerprint density at radius 3 is 2.85 bits per heavy atom. The van der Waals surface area contributed by atoms with Gasteiger partial charge in [0, 0.05) is 29.1 Å². The molecule has 1 N–H and O–H groups in total. The molecule has 1 saturated heterocycles. The van der Waals surface area contributed by atoms with Crippen LogP contribution in [0.15, 0.2) is 82.6 Å². The van der Waals surface area contributed by atoms with Gasteiger partial charge >= 0.3 is 0 Å². The Balaban J connectivity index is 1.26. The number of imidazole rings is 1. The van der Waals surface area contributed by atoms with Crippen molar-refractivity contribution >= 4 is 23.3 Å². The third-order valence-corrected chi connectivity index (χ3v) is 7.05. The van der Waals surface area contributed by atoms with E-state index >= 15 is 0 Å². The van der Waals surface area contributed by atoms with Crippen molar-refractivity contribution in [2.75, 3.05) is 13.7 Å². The van der Waals surface area contributed by atoms with Gasteiger partial charge < -0.3 is 18.9 Å². The van der Waals surface area contributed by atoms with Gasteiger partial charge in [0.1, 0.15) is 17.2 Å². The molecule has 1 amide bonds. The van der Waals surface area contributed by atoms with Crippen LogP contribution in [0.1, 0.15) is 17.9 Å². The largest absolute Gasteiger partial charge is 0.497 e. The molecule has 0 aliphatic carbocycles. The minimum Gasteiger partial charge on any atom is -0.497 e. The number of thioether (sulfide) groups is 1. The highest BCUT2D eigenvalue weighted by Gasteiger charge is 2.37. The molecule has 0 spiro atoms. The molecule has 2 atom stereocenters. The maximum absolute atomic E-state index is 13.2. The average molecular weight is 463 g/mol. The van der Waals surface area contributed by atoms with E-state index in [2.05, 4.69) is 27.3 Å². The summed E-state index contributed by atoms with van der Waals surface area (Å²) in [6.07, 6.45) is 6.35. The van der Waals surface area contributed by atoms with Crippen molar-refractivity contribution in [2.45, 2.75) is 35.7 Å². The van der Waals surface area contributed by atoms with Crippen molar-refractivity contribution < 1.29 is 13.9 Å². The van der Waals surface area contributed by atoms with Crippen LogP contribution in [0.5, 0.6) is 5.75 Å². The molecule has 1 fully saturated rings. The lowest BCUT2D eigenvalue weighted by molar-refractivity contribution is -0.125.